The summed E-state index contributed by atoms with van der Waals surface area (Å²) in [5, 5.41) is 29.5. The normalized spacial score (nSPS) is 29.2. The fraction of sp³-hybridized carbons (Fsp3) is 0.750. The fourth-order valence-corrected chi connectivity index (χ4v) is 5.69. The third-order valence-corrected chi connectivity index (χ3v) is 8.04. The standard InChI is InChI=1S/C20H29ClN5O7P/c21-20-24-17(23-11-3-1-2-4-11)12-8-22-26(18(12)25-20)19-16(28)15(27)13(33-19)9-32-14(34(29,30)31)7-10-5-6-10/h8,10-11,13-16,19,27-28H,1-7,9H2,(H,23,24,25)(H2,29,30,31)/t13-,14?,15-,16-,19-/m1/s1. The summed E-state index contributed by atoms with van der Waals surface area (Å²) in [6.07, 6.45) is 3.16. The van der Waals surface area contributed by atoms with Crippen LogP contribution >= 0.6 is 19.2 Å². The molecule has 3 fully saturated rings. The van der Waals surface area contributed by atoms with Crippen molar-refractivity contribution < 1.29 is 34.0 Å². The zero-order chi connectivity index (χ0) is 24.0. The third kappa shape index (κ3) is 5.10. The van der Waals surface area contributed by atoms with Gasteiger partial charge in [0.2, 0.25) is 5.28 Å². The maximum Gasteiger partial charge on any atom is 0.354 e. The van der Waals surface area contributed by atoms with Crippen molar-refractivity contribution in [3.05, 3.63) is 11.5 Å². The molecule has 0 aromatic carbocycles. The van der Waals surface area contributed by atoms with Crippen LogP contribution in [-0.2, 0) is 14.0 Å². The molecule has 3 aliphatic rings. The van der Waals surface area contributed by atoms with E-state index in [1.165, 1.54) is 4.68 Å². The van der Waals surface area contributed by atoms with Crippen LogP contribution in [0.2, 0.25) is 5.28 Å². The predicted molar refractivity (Wildman–Crippen MR) is 121 cm³/mol. The van der Waals surface area contributed by atoms with E-state index in [4.69, 9.17) is 21.1 Å². The largest absolute Gasteiger partial charge is 0.387 e. The van der Waals surface area contributed by atoms with E-state index in [0.717, 1.165) is 38.5 Å². The van der Waals surface area contributed by atoms with Crippen LogP contribution in [0.4, 0.5) is 5.82 Å². The number of fused-ring (bicyclic) bond motifs is 1. The highest BCUT2D eigenvalue weighted by Crippen LogP contribution is 2.49. The Bertz CT molecular complexity index is 1070. The Kier molecular flexibility index (Phi) is 6.86. The first kappa shape index (κ1) is 24.3. The molecule has 34 heavy (non-hydrogen) atoms. The maximum atomic E-state index is 11.8. The van der Waals surface area contributed by atoms with Gasteiger partial charge in [0.25, 0.3) is 0 Å². The van der Waals surface area contributed by atoms with Crippen LogP contribution in [0.3, 0.4) is 0 Å². The number of rotatable bonds is 9. The lowest BCUT2D eigenvalue weighted by molar-refractivity contribution is -0.0771. The van der Waals surface area contributed by atoms with E-state index in [-0.39, 0.29) is 30.3 Å². The van der Waals surface area contributed by atoms with Gasteiger partial charge in [-0.2, -0.15) is 15.1 Å². The summed E-state index contributed by atoms with van der Waals surface area (Å²) >= 11 is 6.16. The van der Waals surface area contributed by atoms with Crippen LogP contribution in [0.1, 0.15) is 51.2 Å². The van der Waals surface area contributed by atoms with Gasteiger partial charge in [0.1, 0.15) is 24.1 Å². The Morgan fingerprint density at radius 1 is 1.21 bits per heavy atom. The van der Waals surface area contributed by atoms with Gasteiger partial charge in [-0.05, 0) is 36.8 Å². The maximum absolute atomic E-state index is 11.8. The average Bonchev–Trinajstić information content (AvgIpc) is 3.13. The minimum atomic E-state index is -4.48. The molecule has 14 heteroatoms. The summed E-state index contributed by atoms with van der Waals surface area (Å²) in [7, 11) is -4.48. The first-order valence-corrected chi connectivity index (χ1v) is 13.6. The number of aliphatic hydroxyl groups is 2. The van der Waals surface area contributed by atoms with Gasteiger partial charge in [0.15, 0.2) is 17.7 Å². The highest BCUT2D eigenvalue weighted by Gasteiger charge is 2.46. The molecular formula is C20H29ClN5O7P. The van der Waals surface area contributed by atoms with Crippen LogP contribution in [0.5, 0.6) is 0 Å². The molecule has 12 nitrogen and oxygen atoms in total. The third-order valence-electron chi connectivity index (χ3n) is 6.76. The van der Waals surface area contributed by atoms with Crippen molar-refractivity contribution in [2.75, 3.05) is 11.9 Å². The Hall–Kier alpha value is -1.37. The Labute approximate surface area is 200 Å². The summed E-state index contributed by atoms with van der Waals surface area (Å²) in [5.41, 5.74) is 0.333. The minimum Gasteiger partial charge on any atom is -0.387 e. The van der Waals surface area contributed by atoms with Crippen molar-refractivity contribution in [2.45, 2.75) is 81.4 Å². The second-order valence-corrected chi connectivity index (χ2v) is 11.5. The molecule has 3 heterocycles. The molecule has 5 rings (SSSR count). The molecule has 1 aliphatic heterocycles. The molecule has 2 aromatic heterocycles. The van der Waals surface area contributed by atoms with Crippen molar-refractivity contribution in [1.82, 2.24) is 19.7 Å². The van der Waals surface area contributed by atoms with Crippen molar-refractivity contribution in [1.29, 1.82) is 0 Å². The summed E-state index contributed by atoms with van der Waals surface area (Å²) in [6.45, 7) is -0.291. The summed E-state index contributed by atoms with van der Waals surface area (Å²) in [5.74, 6) is -0.490. The smallest absolute Gasteiger partial charge is 0.354 e. The number of nitrogens with zero attached hydrogens (tertiary/aromatic N) is 4. The Morgan fingerprint density at radius 2 is 1.94 bits per heavy atom. The number of aromatic nitrogens is 4. The van der Waals surface area contributed by atoms with Gasteiger partial charge in [0.05, 0.1) is 18.2 Å². The van der Waals surface area contributed by atoms with E-state index < -0.39 is 38.0 Å². The van der Waals surface area contributed by atoms with E-state index in [1.54, 1.807) is 6.20 Å². The fourth-order valence-electron chi connectivity index (χ4n) is 4.67. The number of hydrogen-bond donors (Lipinski definition) is 5. The number of aliphatic hydroxyl groups excluding tert-OH is 2. The monoisotopic (exact) mass is 517 g/mol. The zero-order valence-electron chi connectivity index (χ0n) is 18.4. The molecular weight excluding hydrogens is 489 g/mol. The molecule has 0 radical (unpaired) electrons. The molecule has 5 N–H and O–H groups in total. The van der Waals surface area contributed by atoms with Gasteiger partial charge in [-0.3, -0.25) is 4.57 Å². The van der Waals surface area contributed by atoms with E-state index in [2.05, 4.69) is 20.4 Å². The molecule has 0 bridgehead atoms. The highest BCUT2D eigenvalue weighted by atomic mass is 35.5. The molecule has 0 amide bonds. The van der Waals surface area contributed by atoms with E-state index >= 15 is 0 Å². The number of ether oxygens (including phenoxy) is 2. The quantitative estimate of drug-likeness (QED) is 0.242. The number of nitrogens with one attached hydrogen (secondary N) is 1. The summed E-state index contributed by atoms with van der Waals surface area (Å²) in [4.78, 5) is 27.8. The first-order valence-electron chi connectivity index (χ1n) is 11.6. The molecule has 2 aromatic rings. The Balaban J connectivity index is 1.33. The molecule has 2 saturated carbocycles. The topological polar surface area (TPSA) is 172 Å². The van der Waals surface area contributed by atoms with Crippen LogP contribution in [-0.4, -0.2) is 76.6 Å². The molecule has 0 spiro atoms. The van der Waals surface area contributed by atoms with Gasteiger partial charge in [0, 0.05) is 6.04 Å². The van der Waals surface area contributed by atoms with E-state index in [9.17, 15) is 24.6 Å². The molecule has 1 saturated heterocycles. The molecule has 2 aliphatic carbocycles. The number of hydrogen-bond acceptors (Lipinski definition) is 9. The average molecular weight is 518 g/mol. The van der Waals surface area contributed by atoms with E-state index in [0.29, 0.717) is 16.9 Å². The lowest BCUT2D eigenvalue weighted by Gasteiger charge is -2.22. The van der Waals surface area contributed by atoms with Gasteiger partial charge in [-0.15, -0.1) is 0 Å². The zero-order valence-corrected chi connectivity index (χ0v) is 20.1. The number of anilines is 1. The lowest BCUT2D eigenvalue weighted by atomic mass is 10.1. The van der Waals surface area contributed by atoms with Gasteiger partial charge in [-0.1, -0.05) is 25.7 Å². The van der Waals surface area contributed by atoms with Gasteiger partial charge in [-0.25, -0.2) is 4.68 Å². The van der Waals surface area contributed by atoms with Gasteiger partial charge < -0.3 is 34.8 Å². The van der Waals surface area contributed by atoms with Crippen LogP contribution < -0.4 is 5.32 Å². The number of halogens is 1. The van der Waals surface area contributed by atoms with Crippen LogP contribution in [0, 0.1) is 5.92 Å². The molecule has 1 unspecified atom stereocenters. The molecule has 5 atom stereocenters. The van der Waals surface area contributed by atoms with Crippen LogP contribution in [0.15, 0.2) is 6.20 Å². The Morgan fingerprint density at radius 3 is 2.62 bits per heavy atom. The SMILES string of the molecule is O=P(O)(O)C(CC1CC1)OC[C@H]1O[C@@H](n2ncc3c(NC4CCCC4)nc(Cl)nc32)[C@H](O)[C@@H]1O. The molecule has 188 valence electrons. The van der Waals surface area contributed by atoms with Crippen LogP contribution in [0.25, 0.3) is 11.0 Å². The van der Waals surface area contributed by atoms with Crippen molar-refractivity contribution in [3.63, 3.8) is 0 Å². The highest BCUT2D eigenvalue weighted by molar-refractivity contribution is 7.52. The van der Waals surface area contributed by atoms with Crippen molar-refractivity contribution in [2.24, 2.45) is 5.92 Å². The lowest BCUT2D eigenvalue weighted by Crippen LogP contribution is -2.35. The summed E-state index contributed by atoms with van der Waals surface area (Å²) < 4.78 is 24.4. The predicted octanol–water partition coefficient (Wildman–Crippen LogP) is 1.77. The first-order chi connectivity index (χ1) is 16.2. The van der Waals surface area contributed by atoms with Crippen molar-refractivity contribution in [3.8, 4) is 0 Å². The van der Waals surface area contributed by atoms with Crippen molar-refractivity contribution >= 4 is 36.0 Å². The second-order valence-electron chi connectivity index (χ2n) is 9.40. The minimum absolute atomic E-state index is 0.00669. The van der Waals surface area contributed by atoms with E-state index in [1.807, 2.05) is 0 Å². The summed E-state index contributed by atoms with van der Waals surface area (Å²) in [6, 6.07) is 0.284. The van der Waals surface area contributed by atoms with Gasteiger partial charge >= 0.3 is 7.60 Å². The second kappa shape index (κ2) is 9.59.